The van der Waals surface area contributed by atoms with Gasteiger partial charge < -0.3 is 5.11 Å². The molecule has 0 aliphatic carbocycles. The lowest BCUT2D eigenvalue weighted by Gasteiger charge is -2.01. The molecule has 0 aliphatic heterocycles. The zero-order valence-electron chi connectivity index (χ0n) is 10.5. The monoisotopic (exact) mass is 265 g/mol. The van der Waals surface area contributed by atoms with Gasteiger partial charge in [-0.2, -0.15) is 5.10 Å². The number of benzene rings is 1. The number of hydrogen-bond acceptors (Lipinski definition) is 3. The number of pyridine rings is 1. The number of rotatable bonds is 3. The molecule has 20 heavy (non-hydrogen) atoms. The minimum atomic E-state index is -1.05. The number of hydrogen-bond donors (Lipinski definition) is 1. The predicted octanol–water partition coefficient (Wildman–Crippen LogP) is 2.63. The number of aromatic carboxylic acids is 1. The zero-order valence-corrected chi connectivity index (χ0v) is 10.5. The third-order valence-electron chi connectivity index (χ3n) is 2.88. The zero-order chi connectivity index (χ0) is 13.9. The molecular formula is C15H11N3O2. The molecule has 0 saturated carbocycles. The van der Waals surface area contributed by atoms with E-state index >= 15 is 0 Å². The van der Waals surface area contributed by atoms with E-state index in [1.165, 1.54) is 6.07 Å². The summed E-state index contributed by atoms with van der Waals surface area (Å²) in [6.45, 7) is 0. The van der Waals surface area contributed by atoms with Crippen LogP contribution in [0.15, 0.2) is 60.9 Å². The van der Waals surface area contributed by atoms with Crippen LogP contribution in [0.5, 0.6) is 0 Å². The van der Waals surface area contributed by atoms with Gasteiger partial charge in [0.05, 0.1) is 6.20 Å². The molecule has 1 aromatic carbocycles. The maximum absolute atomic E-state index is 10.9. The maximum atomic E-state index is 10.9. The van der Waals surface area contributed by atoms with Crippen molar-refractivity contribution in [2.75, 3.05) is 0 Å². The predicted molar refractivity (Wildman–Crippen MR) is 73.8 cm³/mol. The second-order valence-corrected chi connectivity index (χ2v) is 4.23. The van der Waals surface area contributed by atoms with Crippen molar-refractivity contribution >= 4 is 5.97 Å². The van der Waals surface area contributed by atoms with Crippen LogP contribution < -0.4 is 0 Å². The van der Waals surface area contributed by atoms with Crippen LogP contribution in [0, 0.1) is 0 Å². The number of carboxylic acids is 1. The van der Waals surface area contributed by atoms with Crippen LogP contribution in [0.25, 0.3) is 16.9 Å². The number of carbonyl (C=O) groups is 1. The first kappa shape index (κ1) is 12.1. The van der Waals surface area contributed by atoms with E-state index in [1.54, 1.807) is 23.0 Å². The number of nitrogens with zero attached hydrogens (tertiary/aromatic N) is 3. The van der Waals surface area contributed by atoms with Gasteiger partial charge in [-0.05, 0) is 17.7 Å². The molecule has 5 heteroatoms. The average molecular weight is 265 g/mol. The van der Waals surface area contributed by atoms with E-state index in [0.29, 0.717) is 5.82 Å². The van der Waals surface area contributed by atoms with Gasteiger partial charge >= 0.3 is 5.97 Å². The van der Waals surface area contributed by atoms with E-state index in [-0.39, 0.29) is 5.69 Å². The molecule has 0 fully saturated rings. The summed E-state index contributed by atoms with van der Waals surface area (Å²) in [6, 6.07) is 14.7. The molecule has 2 aromatic heterocycles. The quantitative estimate of drug-likeness (QED) is 0.790. The highest BCUT2D eigenvalue weighted by Crippen LogP contribution is 2.19. The summed E-state index contributed by atoms with van der Waals surface area (Å²) in [6.07, 6.45) is 3.55. The van der Waals surface area contributed by atoms with E-state index in [1.807, 2.05) is 36.5 Å². The molecular weight excluding hydrogens is 254 g/mol. The molecule has 0 spiro atoms. The average Bonchev–Trinajstić information content (AvgIpc) is 2.98. The molecule has 0 amide bonds. The van der Waals surface area contributed by atoms with Crippen LogP contribution in [-0.2, 0) is 0 Å². The highest BCUT2D eigenvalue weighted by atomic mass is 16.4. The largest absolute Gasteiger partial charge is 0.477 e. The second kappa shape index (κ2) is 4.97. The molecule has 2 heterocycles. The van der Waals surface area contributed by atoms with Gasteiger partial charge in [0.2, 0.25) is 0 Å². The maximum Gasteiger partial charge on any atom is 0.354 e. The first-order valence-corrected chi connectivity index (χ1v) is 6.05. The van der Waals surface area contributed by atoms with Gasteiger partial charge in [0.25, 0.3) is 0 Å². The molecule has 0 radical (unpaired) electrons. The van der Waals surface area contributed by atoms with Crippen LogP contribution in [-0.4, -0.2) is 25.8 Å². The lowest BCUT2D eigenvalue weighted by molar-refractivity contribution is 0.0690. The molecule has 0 atom stereocenters. The molecule has 1 N–H and O–H groups in total. The Labute approximate surface area is 115 Å². The lowest BCUT2D eigenvalue weighted by Crippen LogP contribution is -2.04. The molecule has 0 aliphatic rings. The van der Waals surface area contributed by atoms with Crippen molar-refractivity contribution in [3.63, 3.8) is 0 Å². The van der Waals surface area contributed by atoms with Crippen LogP contribution in [0.1, 0.15) is 10.5 Å². The molecule has 5 nitrogen and oxygen atoms in total. The van der Waals surface area contributed by atoms with Crippen molar-refractivity contribution in [2.24, 2.45) is 0 Å². The number of carboxylic acid groups (broad SMARTS) is 1. The fourth-order valence-corrected chi connectivity index (χ4v) is 1.90. The Morgan fingerprint density at radius 3 is 2.55 bits per heavy atom. The van der Waals surface area contributed by atoms with Gasteiger partial charge in [0.1, 0.15) is 0 Å². The Morgan fingerprint density at radius 2 is 1.80 bits per heavy atom. The van der Waals surface area contributed by atoms with Crippen molar-refractivity contribution in [2.45, 2.75) is 0 Å². The molecule has 0 saturated heterocycles. The summed E-state index contributed by atoms with van der Waals surface area (Å²) in [5.74, 6) is -0.575. The summed E-state index contributed by atoms with van der Waals surface area (Å²) in [4.78, 5) is 15.0. The van der Waals surface area contributed by atoms with Crippen LogP contribution in [0.4, 0.5) is 0 Å². The SMILES string of the molecule is O=C(O)c1cccc(-n2cc(-c3ccccc3)cn2)n1. The molecule has 0 unspecified atom stereocenters. The highest BCUT2D eigenvalue weighted by molar-refractivity contribution is 5.85. The minimum absolute atomic E-state index is 0.000684. The van der Waals surface area contributed by atoms with Crippen LogP contribution in [0.2, 0.25) is 0 Å². The molecule has 3 rings (SSSR count). The van der Waals surface area contributed by atoms with Gasteiger partial charge in [0.15, 0.2) is 11.5 Å². The Kier molecular flexibility index (Phi) is 3.01. The molecule has 3 aromatic rings. The smallest absolute Gasteiger partial charge is 0.354 e. The summed E-state index contributed by atoms with van der Waals surface area (Å²) in [5, 5.41) is 13.2. The van der Waals surface area contributed by atoms with Gasteiger partial charge in [-0.15, -0.1) is 0 Å². The van der Waals surface area contributed by atoms with E-state index in [9.17, 15) is 4.79 Å². The van der Waals surface area contributed by atoms with Gasteiger partial charge in [-0.1, -0.05) is 36.4 Å². The Balaban J connectivity index is 1.98. The lowest BCUT2D eigenvalue weighted by atomic mass is 10.1. The fourth-order valence-electron chi connectivity index (χ4n) is 1.90. The van der Waals surface area contributed by atoms with E-state index < -0.39 is 5.97 Å². The van der Waals surface area contributed by atoms with E-state index in [4.69, 9.17) is 5.11 Å². The topological polar surface area (TPSA) is 68.0 Å². The Hall–Kier alpha value is -2.95. The van der Waals surface area contributed by atoms with E-state index in [2.05, 4.69) is 10.1 Å². The second-order valence-electron chi connectivity index (χ2n) is 4.23. The molecule has 0 bridgehead atoms. The van der Waals surface area contributed by atoms with Crippen molar-refractivity contribution in [3.05, 3.63) is 66.6 Å². The summed E-state index contributed by atoms with van der Waals surface area (Å²) in [7, 11) is 0. The third-order valence-corrected chi connectivity index (χ3v) is 2.88. The Morgan fingerprint density at radius 1 is 1.00 bits per heavy atom. The summed E-state index contributed by atoms with van der Waals surface area (Å²) in [5.41, 5.74) is 2.00. The van der Waals surface area contributed by atoms with Crippen molar-refractivity contribution in [1.82, 2.24) is 14.8 Å². The van der Waals surface area contributed by atoms with Crippen LogP contribution >= 0.6 is 0 Å². The van der Waals surface area contributed by atoms with Gasteiger partial charge in [-0.3, -0.25) is 0 Å². The van der Waals surface area contributed by atoms with Crippen molar-refractivity contribution in [1.29, 1.82) is 0 Å². The summed E-state index contributed by atoms with van der Waals surface area (Å²) < 4.78 is 1.56. The van der Waals surface area contributed by atoms with Gasteiger partial charge in [-0.25, -0.2) is 14.5 Å². The van der Waals surface area contributed by atoms with E-state index in [0.717, 1.165) is 11.1 Å². The first-order chi connectivity index (χ1) is 9.74. The highest BCUT2D eigenvalue weighted by Gasteiger charge is 2.08. The Bertz CT molecular complexity index is 751. The summed E-state index contributed by atoms with van der Waals surface area (Å²) >= 11 is 0. The normalized spacial score (nSPS) is 10.4. The third kappa shape index (κ3) is 2.29. The fraction of sp³-hybridized carbons (Fsp3) is 0. The first-order valence-electron chi connectivity index (χ1n) is 6.05. The van der Waals surface area contributed by atoms with Crippen LogP contribution in [0.3, 0.4) is 0 Å². The van der Waals surface area contributed by atoms with Crippen molar-refractivity contribution in [3.8, 4) is 16.9 Å². The minimum Gasteiger partial charge on any atom is -0.477 e. The standard InChI is InChI=1S/C15H11N3O2/c19-15(20)13-7-4-8-14(17-13)18-10-12(9-16-18)11-5-2-1-3-6-11/h1-10H,(H,19,20). The van der Waals surface area contributed by atoms with Gasteiger partial charge in [0, 0.05) is 11.8 Å². The number of aromatic nitrogens is 3. The van der Waals surface area contributed by atoms with Crippen molar-refractivity contribution < 1.29 is 9.90 Å². The molecule has 98 valence electrons.